The van der Waals surface area contributed by atoms with Crippen LogP contribution in [0.4, 0.5) is 5.69 Å². The zero-order valence-corrected chi connectivity index (χ0v) is 11.5. The quantitative estimate of drug-likeness (QED) is 0.660. The Bertz CT molecular complexity index is 604. The van der Waals surface area contributed by atoms with E-state index in [2.05, 4.69) is 4.74 Å². The summed E-state index contributed by atoms with van der Waals surface area (Å²) in [5, 5.41) is 9.66. The topological polar surface area (TPSA) is 94.5 Å². The summed E-state index contributed by atoms with van der Waals surface area (Å²) in [6, 6.07) is 7.33. The Balaban J connectivity index is 0.000000286. The molecular formula is C14H18N2O4. The fourth-order valence-electron chi connectivity index (χ4n) is 1.69. The molecule has 0 aliphatic heterocycles. The van der Waals surface area contributed by atoms with Crippen molar-refractivity contribution in [1.29, 1.82) is 0 Å². The van der Waals surface area contributed by atoms with E-state index in [0.29, 0.717) is 12.3 Å². The Morgan fingerprint density at radius 1 is 1.35 bits per heavy atom. The Morgan fingerprint density at radius 3 is 2.55 bits per heavy atom. The minimum absolute atomic E-state index is 0.0348. The number of fused-ring (bicyclic) bond motifs is 1. The summed E-state index contributed by atoms with van der Waals surface area (Å²) < 4.78 is 6.06. The molecule has 1 heterocycles. The number of esters is 1. The fourth-order valence-corrected chi connectivity index (χ4v) is 1.69. The molecule has 0 radical (unpaired) electrons. The lowest BCUT2D eigenvalue weighted by atomic mass is 10.2. The third kappa shape index (κ3) is 4.64. The van der Waals surface area contributed by atoms with Gasteiger partial charge in [-0.25, -0.2) is 0 Å². The van der Waals surface area contributed by atoms with Crippen molar-refractivity contribution in [3.8, 4) is 0 Å². The molecule has 6 nitrogen and oxygen atoms in total. The van der Waals surface area contributed by atoms with Crippen molar-refractivity contribution in [3.05, 3.63) is 30.5 Å². The van der Waals surface area contributed by atoms with Gasteiger partial charge in [0.1, 0.15) is 6.54 Å². The van der Waals surface area contributed by atoms with Crippen molar-refractivity contribution in [2.45, 2.75) is 20.4 Å². The SMILES string of the molecule is CCOC(C)=O.Nc1ccc2ccn(CC(=O)O)c2c1. The van der Waals surface area contributed by atoms with Crippen LogP contribution in [0.1, 0.15) is 13.8 Å². The van der Waals surface area contributed by atoms with Crippen LogP contribution in [0.25, 0.3) is 10.9 Å². The molecule has 20 heavy (non-hydrogen) atoms. The second-order valence-corrected chi connectivity index (χ2v) is 4.08. The van der Waals surface area contributed by atoms with Crippen molar-refractivity contribution < 1.29 is 19.4 Å². The smallest absolute Gasteiger partial charge is 0.323 e. The molecule has 2 aromatic rings. The average Bonchev–Trinajstić information content (AvgIpc) is 2.72. The van der Waals surface area contributed by atoms with Crippen molar-refractivity contribution in [2.24, 2.45) is 0 Å². The van der Waals surface area contributed by atoms with E-state index in [4.69, 9.17) is 10.8 Å². The van der Waals surface area contributed by atoms with Crippen LogP contribution in [0.3, 0.4) is 0 Å². The lowest BCUT2D eigenvalue weighted by Gasteiger charge is -2.01. The van der Waals surface area contributed by atoms with Gasteiger partial charge in [0.2, 0.25) is 0 Å². The maximum atomic E-state index is 10.5. The van der Waals surface area contributed by atoms with Gasteiger partial charge < -0.3 is 20.1 Å². The number of hydrogen-bond donors (Lipinski definition) is 2. The molecule has 0 aliphatic rings. The molecule has 0 bridgehead atoms. The molecule has 0 atom stereocenters. The van der Waals surface area contributed by atoms with Gasteiger partial charge >= 0.3 is 11.9 Å². The van der Waals surface area contributed by atoms with Gasteiger partial charge in [0.25, 0.3) is 0 Å². The van der Waals surface area contributed by atoms with Crippen LogP contribution in [0.15, 0.2) is 30.5 Å². The van der Waals surface area contributed by atoms with Crippen LogP contribution in [0, 0.1) is 0 Å². The zero-order chi connectivity index (χ0) is 15.1. The minimum atomic E-state index is -0.857. The Hall–Kier alpha value is -2.50. The Kier molecular flexibility index (Phi) is 5.58. The molecule has 0 amide bonds. The molecule has 0 fully saturated rings. The minimum Gasteiger partial charge on any atom is -0.480 e. The maximum Gasteiger partial charge on any atom is 0.323 e. The number of aromatic nitrogens is 1. The molecule has 0 spiro atoms. The van der Waals surface area contributed by atoms with Gasteiger partial charge in [-0.15, -0.1) is 0 Å². The van der Waals surface area contributed by atoms with Crippen molar-refractivity contribution in [1.82, 2.24) is 4.57 Å². The number of anilines is 1. The van der Waals surface area contributed by atoms with Crippen molar-refractivity contribution in [2.75, 3.05) is 12.3 Å². The number of nitrogen functional groups attached to an aromatic ring is 1. The first kappa shape index (κ1) is 15.6. The molecule has 1 aromatic heterocycles. The lowest BCUT2D eigenvalue weighted by Crippen LogP contribution is -2.07. The summed E-state index contributed by atoms with van der Waals surface area (Å²) >= 11 is 0. The van der Waals surface area contributed by atoms with Gasteiger partial charge in [-0.05, 0) is 30.5 Å². The molecule has 0 saturated heterocycles. The molecule has 0 aliphatic carbocycles. The van der Waals surface area contributed by atoms with Crippen molar-refractivity contribution in [3.63, 3.8) is 0 Å². The standard InChI is InChI=1S/C10H10N2O2.C4H8O2/c11-8-2-1-7-3-4-12(6-10(13)14)9(7)5-8;1-3-6-4(2)5/h1-5H,6,11H2,(H,13,14);3H2,1-2H3. The highest BCUT2D eigenvalue weighted by Crippen LogP contribution is 2.18. The molecular weight excluding hydrogens is 260 g/mol. The zero-order valence-electron chi connectivity index (χ0n) is 11.5. The normalized spacial score (nSPS) is 9.70. The van der Waals surface area contributed by atoms with Crippen LogP contribution < -0.4 is 5.73 Å². The first-order valence-corrected chi connectivity index (χ1v) is 6.13. The Labute approximate surface area is 116 Å². The number of nitrogens with zero attached hydrogens (tertiary/aromatic N) is 1. The van der Waals surface area contributed by atoms with Gasteiger partial charge in [0, 0.05) is 18.8 Å². The summed E-state index contributed by atoms with van der Waals surface area (Å²) in [6.07, 6.45) is 1.75. The molecule has 2 rings (SSSR count). The van der Waals surface area contributed by atoms with E-state index in [-0.39, 0.29) is 12.5 Å². The van der Waals surface area contributed by atoms with Gasteiger partial charge in [-0.3, -0.25) is 9.59 Å². The second kappa shape index (κ2) is 7.18. The van der Waals surface area contributed by atoms with Crippen molar-refractivity contribution >= 4 is 28.5 Å². The number of nitrogens with two attached hydrogens (primary N) is 1. The summed E-state index contributed by atoms with van der Waals surface area (Å²) in [5.41, 5.74) is 7.12. The third-order valence-corrected chi connectivity index (χ3v) is 2.45. The van der Waals surface area contributed by atoms with Crippen LogP contribution >= 0.6 is 0 Å². The predicted octanol–water partition coefficient (Wildman–Crippen LogP) is 1.88. The number of benzene rings is 1. The van der Waals surface area contributed by atoms with Gasteiger partial charge in [-0.1, -0.05) is 6.07 Å². The molecule has 6 heteroatoms. The highest BCUT2D eigenvalue weighted by Gasteiger charge is 2.04. The van der Waals surface area contributed by atoms with Crippen LogP contribution in [0.5, 0.6) is 0 Å². The van der Waals surface area contributed by atoms with Gasteiger partial charge in [0.05, 0.1) is 12.1 Å². The van der Waals surface area contributed by atoms with Gasteiger partial charge in [0.15, 0.2) is 0 Å². The average molecular weight is 278 g/mol. The number of carboxylic acid groups (broad SMARTS) is 1. The van der Waals surface area contributed by atoms with E-state index in [1.165, 1.54) is 6.92 Å². The third-order valence-electron chi connectivity index (χ3n) is 2.45. The number of rotatable bonds is 3. The number of ether oxygens (including phenoxy) is 1. The monoisotopic (exact) mass is 278 g/mol. The van der Waals surface area contributed by atoms with E-state index >= 15 is 0 Å². The highest BCUT2D eigenvalue weighted by atomic mass is 16.5. The highest BCUT2D eigenvalue weighted by molar-refractivity contribution is 5.84. The van der Waals surface area contributed by atoms with E-state index < -0.39 is 5.97 Å². The van der Waals surface area contributed by atoms with Crippen LogP contribution in [0.2, 0.25) is 0 Å². The van der Waals surface area contributed by atoms with Crippen LogP contribution in [-0.2, 0) is 20.9 Å². The first-order chi connectivity index (χ1) is 9.43. The van der Waals surface area contributed by atoms with E-state index in [1.807, 2.05) is 12.1 Å². The van der Waals surface area contributed by atoms with E-state index in [9.17, 15) is 9.59 Å². The van der Waals surface area contributed by atoms with E-state index in [1.54, 1.807) is 29.8 Å². The largest absolute Gasteiger partial charge is 0.480 e. The molecule has 3 N–H and O–H groups in total. The molecule has 1 aromatic carbocycles. The summed E-state index contributed by atoms with van der Waals surface area (Å²) in [4.78, 5) is 20.4. The lowest BCUT2D eigenvalue weighted by molar-refractivity contribution is -0.140. The number of aliphatic carboxylic acids is 1. The fraction of sp³-hybridized carbons (Fsp3) is 0.286. The molecule has 108 valence electrons. The number of carbonyl (C=O) groups excluding carboxylic acids is 1. The van der Waals surface area contributed by atoms with Crippen LogP contribution in [-0.4, -0.2) is 28.2 Å². The molecule has 0 unspecified atom stereocenters. The maximum absolute atomic E-state index is 10.5. The summed E-state index contributed by atoms with van der Waals surface area (Å²) in [6.45, 7) is 3.62. The predicted molar refractivity (Wildman–Crippen MR) is 76.3 cm³/mol. The number of carboxylic acids is 1. The molecule has 0 saturated carbocycles. The van der Waals surface area contributed by atoms with Gasteiger partial charge in [-0.2, -0.15) is 0 Å². The van der Waals surface area contributed by atoms with E-state index in [0.717, 1.165) is 10.9 Å². The number of carbonyl (C=O) groups is 2. The second-order valence-electron chi connectivity index (χ2n) is 4.08. The first-order valence-electron chi connectivity index (χ1n) is 6.13. The Morgan fingerprint density at radius 2 is 2.05 bits per heavy atom. The summed E-state index contributed by atoms with van der Waals surface area (Å²) in [7, 11) is 0. The summed E-state index contributed by atoms with van der Waals surface area (Å²) in [5.74, 6) is -1.07. The number of hydrogen-bond acceptors (Lipinski definition) is 4.